The van der Waals surface area contributed by atoms with Crippen molar-refractivity contribution in [3.63, 3.8) is 0 Å². The first-order valence-corrected chi connectivity index (χ1v) is 6.98. The first-order valence-electron chi connectivity index (χ1n) is 6.16. The van der Waals surface area contributed by atoms with Crippen molar-refractivity contribution in [2.24, 2.45) is 0 Å². The second-order valence-electron chi connectivity index (χ2n) is 4.58. The highest BCUT2D eigenvalue weighted by Crippen LogP contribution is 2.23. The molecule has 1 aromatic rings. The zero-order valence-corrected chi connectivity index (χ0v) is 11.2. The molecule has 5 heteroatoms. The van der Waals surface area contributed by atoms with E-state index >= 15 is 0 Å². The van der Waals surface area contributed by atoms with Gasteiger partial charge in [-0.3, -0.25) is 5.32 Å². The predicted octanol–water partition coefficient (Wildman–Crippen LogP) is 3.21. The van der Waals surface area contributed by atoms with Crippen LogP contribution in [0.25, 0.3) is 0 Å². The van der Waals surface area contributed by atoms with Gasteiger partial charge < -0.3 is 5.32 Å². The van der Waals surface area contributed by atoms with Gasteiger partial charge in [-0.2, -0.15) is 0 Å². The van der Waals surface area contributed by atoms with E-state index in [1.165, 1.54) is 30.6 Å². The Kier molecular flexibility index (Phi) is 3.99. The van der Waals surface area contributed by atoms with Gasteiger partial charge in [0.1, 0.15) is 5.00 Å². The summed E-state index contributed by atoms with van der Waals surface area (Å²) in [7, 11) is 0. The molecule has 0 aromatic carbocycles. The van der Waals surface area contributed by atoms with E-state index in [1.54, 1.807) is 0 Å². The second-order valence-corrected chi connectivity index (χ2v) is 5.78. The standard InChI is InChI=1S/C12H19N3OS/c1-8-11(17-9(2)13-8)15-12(16)14-10-6-4-3-5-7-10/h10H,3-7H2,1-2H3,(H2,14,15,16). The van der Waals surface area contributed by atoms with E-state index in [2.05, 4.69) is 15.6 Å². The van der Waals surface area contributed by atoms with Crippen molar-refractivity contribution in [3.8, 4) is 0 Å². The Morgan fingerprint density at radius 2 is 2.00 bits per heavy atom. The Labute approximate surface area is 106 Å². The lowest BCUT2D eigenvalue weighted by atomic mass is 9.96. The molecule has 0 atom stereocenters. The Morgan fingerprint density at radius 3 is 2.59 bits per heavy atom. The normalized spacial score (nSPS) is 16.8. The topological polar surface area (TPSA) is 54.0 Å². The molecule has 0 aliphatic heterocycles. The number of anilines is 1. The SMILES string of the molecule is Cc1nc(C)c(NC(=O)NC2CCCCC2)s1. The highest BCUT2D eigenvalue weighted by molar-refractivity contribution is 7.16. The monoisotopic (exact) mass is 253 g/mol. The third-order valence-corrected chi connectivity index (χ3v) is 4.06. The number of nitrogens with zero attached hydrogens (tertiary/aromatic N) is 1. The molecule has 2 amide bonds. The number of nitrogens with one attached hydrogen (secondary N) is 2. The molecule has 1 saturated carbocycles. The van der Waals surface area contributed by atoms with E-state index in [1.807, 2.05) is 13.8 Å². The molecule has 0 spiro atoms. The van der Waals surface area contributed by atoms with Gasteiger partial charge in [0, 0.05) is 6.04 Å². The van der Waals surface area contributed by atoms with Gasteiger partial charge in [-0.25, -0.2) is 9.78 Å². The average Bonchev–Trinajstić information content (AvgIpc) is 2.58. The van der Waals surface area contributed by atoms with Crippen LogP contribution in [0.2, 0.25) is 0 Å². The predicted molar refractivity (Wildman–Crippen MR) is 70.6 cm³/mol. The average molecular weight is 253 g/mol. The van der Waals surface area contributed by atoms with Crippen molar-refractivity contribution < 1.29 is 4.79 Å². The van der Waals surface area contributed by atoms with Crippen molar-refractivity contribution in [1.29, 1.82) is 0 Å². The van der Waals surface area contributed by atoms with Gasteiger partial charge in [0.2, 0.25) is 0 Å². The Morgan fingerprint density at radius 1 is 1.29 bits per heavy atom. The lowest BCUT2D eigenvalue weighted by Gasteiger charge is -2.22. The molecule has 0 radical (unpaired) electrons. The van der Waals surface area contributed by atoms with Crippen LogP contribution in [0.4, 0.5) is 9.80 Å². The molecule has 1 aromatic heterocycles. The first-order chi connectivity index (χ1) is 8.15. The third kappa shape index (κ3) is 3.43. The maximum Gasteiger partial charge on any atom is 0.320 e. The van der Waals surface area contributed by atoms with Crippen molar-refractivity contribution in [2.45, 2.75) is 52.0 Å². The minimum absolute atomic E-state index is 0.0938. The van der Waals surface area contributed by atoms with Crippen LogP contribution in [0.15, 0.2) is 0 Å². The smallest absolute Gasteiger partial charge is 0.320 e. The van der Waals surface area contributed by atoms with Crippen LogP contribution < -0.4 is 10.6 Å². The van der Waals surface area contributed by atoms with E-state index in [9.17, 15) is 4.79 Å². The Hall–Kier alpha value is -1.10. The van der Waals surface area contributed by atoms with Crippen LogP contribution in [0.1, 0.15) is 42.8 Å². The van der Waals surface area contributed by atoms with Gasteiger partial charge in [0.05, 0.1) is 10.7 Å². The van der Waals surface area contributed by atoms with E-state index in [0.717, 1.165) is 28.5 Å². The van der Waals surface area contributed by atoms with Crippen LogP contribution in [0.5, 0.6) is 0 Å². The zero-order chi connectivity index (χ0) is 12.3. The summed E-state index contributed by atoms with van der Waals surface area (Å²) in [6.45, 7) is 3.86. The summed E-state index contributed by atoms with van der Waals surface area (Å²) in [5.41, 5.74) is 0.895. The molecular formula is C12H19N3OS. The van der Waals surface area contributed by atoms with Gasteiger partial charge in [0.15, 0.2) is 0 Å². The van der Waals surface area contributed by atoms with Gasteiger partial charge in [-0.15, -0.1) is 11.3 Å². The minimum Gasteiger partial charge on any atom is -0.335 e. The third-order valence-electron chi connectivity index (χ3n) is 3.07. The molecule has 1 fully saturated rings. The van der Waals surface area contributed by atoms with E-state index in [0.29, 0.717) is 6.04 Å². The number of rotatable bonds is 2. The largest absolute Gasteiger partial charge is 0.335 e. The molecule has 4 nitrogen and oxygen atoms in total. The maximum absolute atomic E-state index is 11.8. The summed E-state index contributed by atoms with van der Waals surface area (Å²) in [5.74, 6) is 0. The summed E-state index contributed by atoms with van der Waals surface area (Å²) in [6.07, 6.45) is 5.96. The van der Waals surface area contributed by atoms with Crippen LogP contribution in [-0.2, 0) is 0 Å². The summed E-state index contributed by atoms with van der Waals surface area (Å²) < 4.78 is 0. The summed E-state index contributed by atoms with van der Waals surface area (Å²) in [4.78, 5) is 16.1. The Balaban J connectivity index is 1.86. The number of hydrogen-bond donors (Lipinski definition) is 2. The zero-order valence-electron chi connectivity index (χ0n) is 10.4. The lowest BCUT2D eigenvalue weighted by Crippen LogP contribution is -2.38. The summed E-state index contributed by atoms with van der Waals surface area (Å²) in [6, 6.07) is 0.252. The molecule has 2 rings (SSSR count). The molecule has 0 bridgehead atoms. The fraction of sp³-hybridized carbons (Fsp3) is 0.667. The van der Waals surface area contributed by atoms with Crippen LogP contribution >= 0.6 is 11.3 Å². The first kappa shape index (κ1) is 12.4. The maximum atomic E-state index is 11.8. The molecule has 2 N–H and O–H groups in total. The molecule has 17 heavy (non-hydrogen) atoms. The number of carbonyl (C=O) groups excluding carboxylic acids is 1. The highest BCUT2D eigenvalue weighted by Gasteiger charge is 2.16. The lowest BCUT2D eigenvalue weighted by molar-refractivity contribution is 0.244. The number of urea groups is 1. The number of amides is 2. The highest BCUT2D eigenvalue weighted by atomic mass is 32.1. The minimum atomic E-state index is -0.0938. The number of aryl methyl sites for hydroxylation is 2. The van der Waals surface area contributed by atoms with Crippen molar-refractivity contribution in [3.05, 3.63) is 10.7 Å². The van der Waals surface area contributed by atoms with Gasteiger partial charge in [0.25, 0.3) is 0 Å². The number of thiazole rings is 1. The van der Waals surface area contributed by atoms with Crippen LogP contribution in [-0.4, -0.2) is 17.1 Å². The van der Waals surface area contributed by atoms with Crippen LogP contribution in [0, 0.1) is 13.8 Å². The quantitative estimate of drug-likeness (QED) is 0.850. The molecular weight excluding hydrogens is 234 g/mol. The fourth-order valence-corrected chi connectivity index (χ4v) is 3.03. The summed E-state index contributed by atoms with van der Waals surface area (Å²) >= 11 is 1.52. The van der Waals surface area contributed by atoms with Gasteiger partial charge in [-0.1, -0.05) is 19.3 Å². The molecule has 0 saturated heterocycles. The van der Waals surface area contributed by atoms with Gasteiger partial charge >= 0.3 is 6.03 Å². The second kappa shape index (κ2) is 5.49. The van der Waals surface area contributed by atoms with Crippen molar-refractivity contribution in [1.82, 2.24) is 10.3 Å². The molecule has 1 aliphatic carbocycles. The van der Waals surface area contributed by atoms with Crippen molar-refractivity contribution >= 4 is 22.4 Å². The van der Waals surface area contributed by atoms with E-state index in [-0.39, 0.29) is 6.03 Å². The number of aromatic nitrogens is 1. The van der Waals surface area contributed by atoms with E-state index < -0.39 is 0 Å². The number of carbonyl (C=O) groups is 1. The van der Waals surface area contributed by atoms with Crippen molar-refractivity contribution in [2.75, 3.05) is 5.32 Å². The van der Waals surface area contributed by atoms with E-state index in [4.69, 9.17) is 0 Å². The Bertz CT molecular complexity index is 396. The molecule has 1 heterocycles. The fourth-order valence-electron chi connectivity index (χ4n) is 2.22. The summed E-state index contributed by atoms with van der Waals surface area (Å²) in [5, 5.41) is 7.76. The molecule has 94 valence electrons. The van der Waals surface area contributed by atoms with Crippen LogP contribution in [0.3, 0.4) is 0 Å². The van der Waals surface area contributed by atoms with Gasteiger partial charge in [-0.05, 0) is 26.7 Å². The number of hydrogen-bond acceptors (Lipinski definition) is 3. The molecule has 1 aliphatic rings. The molecule has 0 unspecified atom stereocenters.